The first-order chi connectivity index (χ1) is 7.81. The molecule has 0 heterocycles. The SMILES string of the molecule is COC(=O)C=CC=CC=O.[C-]#[O+].[C-]#[O+].[C-]#[O+].[Fe]. The molecule has 0 unspecified atom stereocenters. The number of esters is 1. The Bertz CT molecular complexity index is 260. The maximum atomic E-state index is 10.3. The van der Waals surface area contributed by atoms with Gasteiger partial charge in [0.25, 0.3) is 0 Å². The summed E-state index contributed by atoms with van der Waals surface area (Å²) in [6.07, 6.45) is 6.01. The van der Waals surface area contributed by atoms with Gasteiger partial charge in [0.05, 0.1) is 7.11 Å². The van der Waals surface area contributed by atoms with Crippen molar-refractivity contribution in [2.24, 2.45) is 0 Å². The van der Waals surface area contributed by atoms with Gasteiger partial charge in [-0.3, -0.25) is 4.79 Å². The first-order valence-electron chi connectivity index (χ1n) is 3.29. The quantitative estimate of drug-likeness (QED) is 0.142. The van der Waals surface area contributed by atoms with Crippen molar-refractivity contribution >= 4 is 12.3 Å². The molecular formula is C10H8FeO6. The van der Waals surface area contributed by atoms with Crippen LogP contribution in [0.4, 0.5) is 0 Å². The van der Waals surface area contributed by atoms with Crippen molar-refractivity contribution in [1.29, 1.82) is 0 Å². The van der Waals surface area contributed by atoms with E-state index in [0.717, 1.165) is 0 Å². The van der Waals surface area contributed by atoms with Crippen LogP contribution in [0, 0.1) is 20.0 Å². The van der Waals surface area contributed by atoms with Crippen molar-refractivity contribution in [3.63, 3.8) is 0 Å². The predicted molar refractivity (Wildman–Crippen MR) is 48.1 cm³/mol. The molecule has 0 fully saturated rings. The number of carbonyl (C=O) groups excluding carboxylic acids is 2. The summed E-state index contributed by atoms with van der Waals surface area (Å²) in [6, 6.07) is 0. The Morgan fingerprint density at radius 3 is 1.71 bits per heavy atom. The Kier molecular flexibility index (Phi) is 82.1. The van der Waals surface area contributed by atoms with E-state index in [0.29, 0.717) is 6.29 Å². The first-order valence-corrected chi connectivity index (χ1v) is 3.29. The van der Waals surface area contributed by atoms with Crippen molar-refractivity contribution in [3.05, 3.63) is 44.3 Å². The molecule has 0 aliphatic carbocycles. The van der Waals surface area contributed by atoms with E-state index in [4.69, 9.17) is 14.0 Å². The van der Waals surface area contributed by atoms with Crippen LogP contribution in [-0.4, -0.2) is 19.4 Å². The Hall–Kier alpha value is -1.64. The normalized spacial score (nSPS) is 6.53. The summed E-state index contributed by atoms with van der Waals surface area (Å²) in [5.41, 5.74) is 0. The topological polar surface area (TPSA) is 103 Å². The molecule has 0 rings (SSSR count). The molecule has 0 radical (unpaired) electrons. The fourth-order valence-electron chi connectivity index (χ4n) is 0.312. The standard InChI is InChI=1S/C7H8O3.3CO.Fe/c1-10-7(9)5-3-2-4-6-8;3*1-2;/h2-6H,1H3;;;;. The molecule has 0 amide bonds. The van der Waals surface area contributed by atoms with Crippen LogP contribution in [0.1, 0.15) is 0 Å². The monoisotopic (exact) mass is 280 g/mol. The van der Waals surface area contributed by atoms with E-state index in [2.05, 4.69) is 24.7 Å². The third kappa shape index (κ3) is 54.2. The van der Waals surface area contributed by atoms with E-state index in [1.54, 1.807) is 0 Å². The van der Waals surface area contributed by atoms with Crippen LogP contribution in [0.25, 0.3) is 0 Å². The van der Waals surface area contributed by atoms with E-state index >= 15 is 0 Å². The van der Waals surface area contributed by atoms with Crippen LogP contribution in [0.3, 0.4) is 0 Å². The molecule has 0 aliphatic heterocycles. The Morgan fingerprint density at radius 1 is 1.00 bits per heavy atom. The summed E-state index contributed by atoms with van der Waals surface area (Å²) in [6.45, 7) is 13.5. The van der Waals surface area contributed by atoms with Crippen molar-refractivity contribution in [1.82, 2.24) is 0 Å². The van der Waals surface area contributed by atoms with E-state index in [1.165, 1.54) is 31.4 Å². The number of carbonyl (C=O) groups is 2. The smallest absolute Gasteiger partial charge is 0 e. The third-order valence-corrected chi connectivity index (χ3v) is 0.734. The first kappa shape index (κ1) is 29.5. The molecule has 0 aromatic carbocycles. The third-order valence-electron chi connectivity index (χ3n) is 0.734. The molecule has 7 heteroatoms. The van der Waals surface area contributed by atoms with E-state index in [9.17, 15) is 9.59 Å². The molecule has 0 aromatic rings. The fourth-order valence-corrected chi connectivity index (χ4v) is 0.312. The molecule has 0 saturated carbocycles. The van der Waals surface area contributed by atoms with Gasteiger partial charge in [0.2, 0.25) is 0 Å². The van der Waals surface area contributed by atoms with Gasteiger partial charge in [-0.05, 0) is 6.08 Å². The summed E-state index contributed by atoms with van der Waals surface area (Å²) in [5, 5.41) is 0. The minimum atomic E-state index is -0.435. The molecule has 0 aromatic heterocycles. The van der Waals surface area contributed by atoms with Gasteiger partial charge in [0, 0.05) is 23.1 Å². The summed E-state index contributed by atoms with van der Waals surface area (Å²) in [5.74, 6) is -0.435. The van der Waals surface area contributed by atoms with E-state index < -0.39 is 5.97 Å². The number of hydrogen-bond acceptors (Lipinski definition) is 3. The summed E-state index contributed by atoms with van der Waals surface area (Å²) in [4.78, 5) is 20.0. The van der Waals surface area contributed by atoms with Crippen LogP contribution >= 0.6 is 0 Å². The Morgan fingerprint density at radius 2 is 1.41 bits per heavy atom. The molecule has 0 bridgehead atoms. The zero-order chi connectivity index (χ0) is 13.8. The van der Waals surface area contributed by atoms with Gasteiger partial charge >= 0.3 is 39.9 Å². The molecule has 92 valence electrons. The van der Waals surface area contributed by atoms with Gasteiger partial charge in [-0.15, -0.1) is 0 Å². The van der Waals surface area contributed by atoms with Gasteiger partial charge in [-0.25, -0.2) is 4.79 Å². The summed E-state index contributed by atoms with van der Waals surface area (Å²) in [7, 11) is 1.29. The average molecular weight is 280 g/mol. The van der Waals surface area contributed by atoms with Crippen molar-refractivity contribution < 1.29 is 45.4 Å². The van der Waals surface area contributed by atoms with Crippen molar-refractivity contribution in [2.45, 2.75) is 0 Å². The number of hydrogen-bond donors (Lipinski definition) is 0. The van der Waals surface area contributed by atoms with Gasteiger partial charge < -0.3 is 4.74 Å². The second kappa shape index (κ2) is 47.3. The predicted octanol–water partition coefficient (Wildman–Crippen LogP) is 0.356. The maximum Gasteiger partial charge on any atom is 0 e. The maximum absolute atomic E-state index is 10.3. The van der Waals surface area contributed by atoms with Crippen molar-refractivity contribution in [2.75, 3.05) is 7.11 Å². The van der Waals surface area contributed by atoms with Crippen molar-refractivity contribution in [3.8, 4) is 0 Å². The molecule has 17 heavy (non-hydrogen) atoms. The second-order valence-corrected chi connectivity index (χ2v) is 1.40. The number of ether oxygens (including phenoxy) is 1. The minimum Gasteiger partial charge on any atom is 0 e. The molecule has 0 atom stereocenters. The van der Waals surface area contributed by atoms with Crippen LogP contribution in [0.5, 0.6) is 0 Å². The number of rotatable bonds is 3. The Labute approximate surface area is 109 Å². The van der Waals surface area contributed by atoms with Crippen LogP contribution in [0.15, 0.2) is 24.3 Å². The average Bonchev–Trinajstić information content (AvgIpc) is 2.41. The van der Waals surface area contributed by atoms with E-state index in [1.807, 2.05) is 0 Å². The van der Waals surface area contributed by atoms with Crippen LogP contribution < -0.4 is 0 Å². The van der Waals surface area contributed by atoms with Gasteiger partial charge in [-0.2, -0.15) is 0 Å². The van der Waals surface area contributed by atoms with Gasteiger partial charge in [0.15, 0.2) is 0 Å². The molecular weight excluding hydrogens is 272 g/mol. The molecule has 0 N–H and O–H groups in total. The van der Waals surface area contributed by atoms with E-state index in [-0.39, 0.29) is 17.1 Å². The second-order valence-electron chi connectivity index (χ2n) is 1.40. The number of aldehydes is 1. The molecule has 0 saturated heterocycles. The van der Waals surface area contributed by atoms with Crippen LogP contribution in [0.2, 0.25) is 0 Å². The van der Waals surface area contributed by atoms with Gasteiger partial charge in [0.1, 0.15) is 6.29 Å². The van der Waals surface area contributed by atoms with Crippen LogP contribution in [-0.2, 0) is 45.4 Å². The fraction of sp³-hybridized carbons (Fsp3) is 0.100. The van der Waals surface area contributed by atoms with Gasteiger partial charge in [-0.1, -0.05) is 12.2 Å². The number of methoxy groups -OCH3 is 1. The summed E-state index contributed by atoms with van der Waals surface area (Å²) < 4.78 is 26.8. The minimum absolute atomic E-state index is 0. The zero-order valence-electron chi connectivity index (χ0n) is 8.69. The summed E-state index contributed by atoms with van der Waals surface area (Å²) >= 11 is 0. The molecule has 6 nitrogen and oxygen atoms in total. The molecule has 0 spiro atoms. The Balaban J connectivity index is -0.0000000594. The number of allylic oxidation sites excluding steroid dienone is 3. The molecule has 0 aliphatic rings. The largest absolute Gasteiger partial charge is 0 e. The zero-order valence-corrected chi connectivity index (χ0v) is 9.79.